The Bertz CT molecular complexity index is 513. The van der Waals surface area contributed by atoms with Gasteiger partial charge in [-0.15, -0.1) is 24.0 Å². The Morgan fingerprint density at radius 3 is 2.80 bits per heavy atom. The van der Waals surface area contributed by atoms with Gasteiger partial charge in [-0.05, 0) is 26.0 Å². The van der Waals surface area contributed by atoms with Crippen molar-refractivity contribution in [2.24, 2.45) is 4.99 Å². The first-order chi connectivity index (χ1) is 11.6. The molecule has 2 N–H and O–H groups in total. The fourth-order valence-electron chi connectivity index (χ4n) is 2.07. The number of carbonyl (C=O) groups is 1. The number of halogens is 1. The molecule has 1 unspecified atom stereocenters. The van der Waals surface area contributed by atoms with Crippen LogP contribution in [0.2, 0.25) is 0 Å². The van der Waals surface area contributed by atoms with Gasteiger partial charge in [-0.25, -0.2) is 4.99 Å². The molecule has 1 aromatic rings. The summed E-state index contributed by atoms with van der Waals surface area (Å²) in [6.45, 7) is 6.01. The van der Waals surface area contributed by atoms with Gasteiger partial charge in [0.1, 0.15) is 6.54 Å². The molecule has 0 saturated carbocycles. The van der Waals surface area contributed by atoms with Crippen molar-refractivity contribution in [1.82, 2.24) is 20.5 Å². The molecule has 1 rings (SSSR count). The highest BCUT2D eigenvalue weighted by molar-refractivity contribution is 14.0. The zero-order valence-electron chi connectivity index (χ0n) is 15.5. The van der Waals surface area contributed by atoms with Crippen LogP contribution in [-0.4, -0.2) is 68.2 Å². The SMILES string of the molecule is CCNC(=NCC(=O)N(C)CCc1ccccn1)NC(C)COC.I. The molecule has 25 heavy (non-hydrogen) atoms. The highest BCUT2D eigenvalue weighted by Gasteiger charge is 2.10. The molecular weight excluding hydrogens is 433 g/mol. The van der Waals surface area contributed by atoms with E-state index in [9.17, 15) is 4.79 Å². The number of hydrogen-bond donors (Lipinski definition) is 2. The van der Waals surface area contributed by atoms with Gasteiger partial charge in [-0.2, -0.15) is 0 Å². The molecule has 0 bridgehead atoms. The summed E-state index contributed by atoms with van der Waals surface area (Å²) in [6, 6.07) is 5.90. The van der Waals surface area contributed by atoms with E-state index in [1.54, 1.807) is 25.3 Å². The fraction of sp³-hybridized carbons (Fsp3) is 0.588. The molecule has 0 aliphatic carbocycles. The molecule has 0 saturated heterocycles. The summed E-state index contributed by atoms with van der Waals surface area (Å²) in [7, 11) is 3.44. The number of hydrogen-bond acceptors (Lipinski definition) is 4. The average Bonchev–Trinajstić information content (AvgIpc) is 2.58. The van der Waals surface area contributed by atoms with Crippen molar-refractivity contribution in [3.63, 3.8) is 0 Å². The highest BCUT2D eigenvalue weighted by atomic mass is 127. The van der Waals surface area contributed by atoms with Crippen molar-refractivity contribution in [2.45, 2.75) is 26.3 Å². The lowest BCUT2D eigenvalue weighted by Gasteiger charge is -2.18. The largest absolute Gasteiger partial charge is 0.383 e. The molecule has 8 heteroatoms. The molecule has 1 atom stereocenters. The second-order valence-electron chi connectivity index (χ2n) is 5.58. The lowest BCUT2D eigenvalue weighted by molar-refractivity contribution is -0.128. The molecule has 1 aromatic heterocycles. The molecule has 0 fully saturated rings. The van der Waals surface area contributed by atoms with Crippen LogP contribution in [0.15, 0.2) is 29.4 Å². The predicted molar refractivity (Wildman–Crippen MR) is 111 cm³/mol. The number of aromatic nitrogens is 1. The topological polar surface area (TPSA) is 78.9 Å². The number of likely N-dealkylation sites (N-methyl/N-ethyl adjacent to an activating group) is 1. The van der Waals surface area contributed by atoms with E-state index in [0.29, 0.717) is 19.1 Å². The van der Waals surface area contributed by atoms with Crippen molar-refractivity contribution >= 4 is 35.8 Å². The van der Waals surface area contributed by atoms with Crippen LogP contribution in [0.4, 0.5) is 0 Å². The molecule has 1 heterocycles. The van der Waals surface area contributed by atoms with Crippen molar-refractivity contribution in [3.05, 3.63) is 30.1 Å². The van der Waals surface area contributed by atoms with Gasteiger partial charge in [0.25, 0.3) is 0 Å². The molecule has 0 aliphatic heterocycles. The minimum atomic E-state index is -0.0254. The number of aliphatic imine (C=N–C) groups is 1. The van der Waals surface area contributed by atoms with Gasteiger partial charge in [-0.1, -0.05) is 6.07 Å². The number of guanidine groups is 1. The number of rotatable bonds is 9. The third kappa shape index (κ3) is 10.2. The fourth-order valence-corrected chi connectivity index (χ4v) is 2.07. The lowest BCUT2D eigenvalue weighted by atomic mass is 10.2. The Morgan fingerprint density at radius 2 is 2.20 bits per heavy atom. The van der Waals surface area contributed by atoms with Crippen LogP contribution in [0.25, 0.3) is 0 Å². The predicted octanol–water partition coefficient (Wildman–Crippen LogP) is 1.29. The van der Waals surface area contributed by atoms with Gasteiger partial charge in [0.2, 0.25) is 5.91 Å². The Hall–Kier alpha value is -1.42. The molecule has 0 aliphatic rings. The second kappa shape index (κ2) is 13.8. The van der Waals surface area contributed by atoms with Crippen LogP contribution in [0, 0.1) is 0 Å². The molecule has 142 valence electrons. The smallest absolute Gasteiger partial charge is 0.244 e. The summed E-state index contributed by atoms with van der Waals surface area (Å²) in [6.07, 6.45) is 2.49. The van der Waals surface area contributed by atoms with E-state index in [4.69, 9.17) is 4.74 Å². The monoisotopic (exact) mass is 463 g/mol. The Kier molecular flexibility index (Phi) is 13.0. The van der Waals surface area contributed by atoms with E-state index in [-0.39, 0.29) is 42.5 Å². The van der Waals surface area contributed by atoms with Crippen LogP contribution >= 0.6 is 24.0 Å². The van der Waals surface area contributed by atoms with Gasteiger partial charge in [0.15, 0.2) is 5.96 Å². The van der Waals surface area contributed by atoms with Crippen molar-refractivity contribution in [2.75, 3.05) is 40.4 Å². The standard InChI is InChI=1S/C17H29N5O2.HI/c1-5-18-17(21-14(2)13-24-4)20-12-16(23)22(3)11-9-15-8-6-7-10-19-15;/h6-8,10,14H,5,9,11-13H2,1-4H3,(H2,18,20,21);1H. The number of ether oxygens (including phenoxy) is 1. The molecule has 7 nitrogen and oxygen atoms in total. The van der Waals surface area contributed by atoms with Crippen LogP contribution in [0.3, 0.4) is 0 Å². The highest BCUT2D eigenvalue weighted by Crippen LogP contribution is 1.97. The van der Waals surface area contributed by atoms with Gasteiger partial charge in [0, 0.05) is 51.6 Å². The average molecular weight is 463 g/mol. The maximum atomic E-state index is 12.2. The van der Waals surface area contributed by atoms with E-state index in [1.165, 1.54) is 0 Å². The quantitative estimate of drug-likeness (QED) is 0.328. The second-order valence-corrected chi connectivity index (χ2v) is 5.58. The lowest BCUT2D eigenvalue weighted by Crippen LogP contribution is -2.44. The normalized spacial score (nSPS) is 12.1. The van der Waals surface area contributed by atoms with E-state index in [0.717, 1.165) is 18.7 Å². The van der Waals surface area contributed by atoms with E-state index < -0.39 is 0 Å². The number of nitrogens with one attached hydrogen (secondary N) is 2. The van der Waals surface area contributed by atoms with E-state index in [2.05, 4.69) is 20.6 Å². The first kappa shape index (κ1) is 23.6. The molecule has 1 amide bonds. The molecular formula is C17H30IN5O2. The van der Waals surface area contributed by atoms with Gasteiger partial charge in [-0.3, -0.25) is 9.78 Å². The maximum absolute atomic E-state index is 12.2. The van der Waals surface area contributed by atoms with Crippen molar-refractivity contribution < 1.29 is 9.53 Å². The molecule has 0 radical (unpaired) electrons. The maximum Gasteiger partial charge on any atom is 0.244 e. The first-order valence-electron chi connectivity index (χ1n) is 8.24. The third-order valence-corrected chi connectivity index (χ3v) is 3.37. The summed E-state index contributed by atoms with van der Waals surface area (Å²) in [5.41, 5.74) is 0.976. The minimum absolute atomic E-state index is 0. The van der Waals surface area contributed by atoms with Crippen LogP contribution in [-0.2, 0) is 16.0 Å². The molecule has 0 aromatic carbocycles. The summed E-state index contributed by atoms with van der Waals surface area (Å²) in [4.78, 5) is 22.5. The minimum Gasteiger partial charge on any atom is -0.383 e. The summed E-state index contributed by atoms with van der Waals surface area (Å²) in [5.74, 6) is 0.594. The van der Waals surface area contributed by atoms with Gasteiger partial charge < -0.3 is 20.3 Å². The zero-order valence-corrected chi connectivity index (χ0v) is 17.8. The van der Waals surface area contributed by atoms with Crippen molar-refractivity contribution in [1.29, 1.82) is 0 Å². The van der Waals surface area contributed by atoms with Gasteiger partial charge in [0.05, 0.1) is 6.61 Å². The van der Waals surface area contributed by atoms with E-state index >= 15 is 0 Å². The van der Waals surface area contributed by atoms with Crippen LogP contribution < -0.4 is 10.6 Å². The van der Waals surface area contributed by atoms with Crippen LogP contribution in [0.1, 0.15) is 19.5 Å². The number of nitrogens with zero attached hydrogens (tertiary/aromatic N) is 3. The number of carbonyl (C=O) groups excluding carboxylic acids is 1. The molecule has 0 spiro atoms. The first-order valence-corrected chi connectivity index (χ1v) is 8.24. The zero-order chi connectivity index (χ0) is 17.8. The summed E-state index contributed by atoms with van der Waals surface area (Å²) < 4.78 is 5.09. The number of amides is 1. The Labute approximate surface area is 167 Å². The van der Waals surface area contributed by atoms with Crippen molar-refractivity contribution in [3.8, 4) is 0 Å². The Morgan fingerprint density at radius 1 is 1.44 bits per heavy atom. The summed E-state index contributed by atoms with van der Waals surface area (Å²) >= 11 is 0. The third-order valence-electron chi connectivity index (χ3n) is 3.37. The summed E-state index contributed by atoms with van der Waals surface area (Å²) in [5, 5.41) is 6.33. The van der Waals surface area contributed by atoms with Crippen LogP contribution in [0.5, 0.6) is 0 Å². The van der Waals surface area contributed by atoms with Gasteiger partial charge >= 0.3 is 0 Å². The Balaban J connectivity index is 0.00000576. The van der Waals surface area contributed by atoms with E-state index in [1.807, 2.05) is 32.0 Å². The number of pyridine rings is 1. The number of methoxy groups -OCH3 is 1.